The minimum absolute atomic E-state index is 0.0533. The lowest BCUT2D eigenvalue weighted by Gasteiger charge is -2.11. The molecular weight excluding hydrogens is 355 g/mol. The van der Waals surface area contributed by atoms with Gasteiger partial charge in [0.25, 0.3) is 0 Å². The quantitative estimate of drug-likeness (QED) is 0.759. The maximum Gasteiger partial charge on any atom is 0.339 e. The second-order valence-electron chi connectivity index (χ2n) is 3.60. The molecule has 3 nitrogen and oxygen atoms in total. The van der Waals surface area contributed by atoms with Crippen LogP contribution in [0.4, 0.5) is 0 Å². The van der Waals surface area contributed by atoms with E-state index in [1.165, 1.54) is 12.1 Å². The van der Waals surface area contributed by atoms with Crippen LogP contribution < -0.4 is 4.74 Å². The lowest BCUT2D eigenvalue weighted by atomic mass is 10.2. The van der Waals surface area contributed by atoms with Crippen LogP contribution in [0.5, 0.6) is 11.5 Å². The average molecular weight is 362 g/mol. The van der Waals surface area contributed by atoms with E-state index in [9.17, 15) is 4.79 Å². The number of benzene rings is 2. The van der Waals surface area contributed by atoms with Crippen molar-refractivity contribution in [2.45, 2.75) is 0 Å². The topological polar surface area (TPSA) is 46.5 Å². The van der Waals surface area contributed by atoms with Crippen molar-refractivity contribution in [3.05, 3.63) is 56.5 Å². The maximum atomic E-state index is 11.1. The van der Waals surface area contributed by atoms with Gasteiger partial charge in [-0.3, -0.25) is 0 Å². The monoisotopic (exact) mass is 360 g/mol. The normalized spacial score (nSPS) is 10.3. The number of carbonyl (C=O) groups is 1. The van der Waals surface area contributed by atoms with E-state index in [4.69, 9.17) is 33.0 Å². The second kappa shape index (κ2) is 5.82. The van der Waals surface area contributed by atoms with Crippen LogP contribution in [0.3, 0.4) is 0 Å². The largest absolute Gasteiger partial charge is 0.478 e. The predicted molar refractivity (Wildman–Crippen MR) is 77.6 cm³/mol. The number of aromatic carboxylic acids is 1. The molecule has 6 heteroatoms. The summed E-state index contributed by atoms with van der Waals surface area (Å²) >= 11 is 15.2. The van der Waals surface area contributed by atoms with E-state index < -0.39 is 5.97 Å². The highest BCUT2D eigenvalue weighted by Crippen LogP contribution is 2.37. The van der Waals surface area contributed by atoms with Crippen molar-refractivity contribution in [2.24, 2.45) is 0 Å². The van der Waals surface area contributed by atoms with Crippen molar-refractivity contribution in [3.8, 4) is 11.5 Å². The van der Waals surface area contributed by atoms with Crippen molar-refractivity contribution in [3.63, 3.8) is 0 Å². The SMILES string of the molecule is O=C(O)c1ccccc1Oc1cc(Cl)c(Br)cc1Cl. The molecule has 0 radical (unpaired) electrons. The van der Waals surface area contributed by atoms with E-state index in [0.29, 0.717) is 20.3 Å². The minimum atomic E-state index is -1.07. The third kappa shape index (κ3) is 3.21. The molecule has 0 spiro atoms. The number of halogens is 3. The number of hydrogen-bond donors (Lipinski definition) is 1. The molecule has 0 aliphatic carbocycles. The molecule has 0 fully saturated rings. The van der Waals surface area contributed by atoms with Gasteiger partial charge in [-0.25, -0.2) is 4.79 Å². The summed E-state index contributed by atoms with van der Waals surface area (Å²) < 4.78 is 6.16. The maximum absolute atomic E-state index is 11.1. The van der Waals surface area contributed by atoms with Gasteiger partial charge in [0.1, 0.15) is 17.1 Å². The second-order valence-corrected chi connectivity index (χ2v) is 5.27. The minimum Gasteiger partial charge on any atom is -0.478 e. The molecule has 0 saturated heterocycles. The van der Waals surface area contributed by atoms with Gasteiger partial charge in [-0.05, 0) is 34.1 Å². The van der Waals surface area contributed by atoms with Crippen LogP contribution in [-0.4, -0.2) is 11.1 Å². The molecule has 98 valence electrons. The first-order valence-electron chi connectivity index (χ1n) is 5.13. The summed E-state index contributed by atoms with van der Waals surface area (Å²) in [5.41, 5.74) is 0.0533. The van der Waals surface area contributed by atoms with E-state index in [1.54, 1.807) is 24.3 Å². The van der Waals surface area contributed by atoms with Gasteiger partial charge in [-0.1, -0.05) is 35.3 Å². The van der Waals surface area contributed by atoms with Gasteiger partial charge >= 0.3 is 5.97 Å². The molecule has 0 aliphatic heterocycles. The van der Waals surface area contributed by atoms with Crippen molar-refractivity contribution < 1.29 is 14.6 Å². The number of para-hydroxylation sites is 1. The zero-order chi connectivity index (χ0) is 14.0. The standard InChI is InChI=1S/C13H7BrCl2O3/c14-8-5-10(16)12(6-9(8)15)19-11-4-2-1-3-7(11)13(17)18/h1-6H,(H,17,18). The average Bonchev–Trinajstić information content (AvgIpc) is 2.36. The Hall–Kier alpha value is -1.23. The number of carboxylic acids is 1. The van der Waals surface area contributed by atoms with Crippen LogP contribution in [0, 0.1) is 0 Å². The van der Waals surface area contributed by atoms with E-state index in [0.717, 1.165) is 0 Å². The summed E-state index contributed by atoms with van der Waals surface area (Å²) in [4.78, 5) is 11.1. The Labute approximate surface area is 127 Å². The van der Waals surface area contributed by atoms with Gasteiger partial charge in [0.05, 0.1) is 10.0 Å². The van der Waals surface area contributed by atoms with Gasteiger partial charge in [0, 0.05) is 10.5 Å². The fourth-order valence-electron chi connectivity index (χ4n) is 1.43. The Kier molecular flexibility index (Phi) is 4.34. The molecule has 0 amide bonds. The third-order valence-electron chi connectivity index (χ3n) is 2.31. The molecule has 2 aromatic carbocycles. The molecule has 2 rings (SSSR count). The molecule has 19 heavy (non-hydrogen) atoms. The summed E-state index contributed by atoms with van der Waals surface area (Å²) in [5.74, 6) is -0.575. The summed E-state index contributed by atoms with van der Waals surface area (Å²) in [7, 11) is 0. The van der Waals surface area contributed by atoms with E-state index in [-0.39, 0.29) is 11.3 Å². The molecule has 0 aliphatic rings. The molecule has 0 bridgehead atoms. The van der Waals surface area contributed by atoms with Crippen LogP contribution in [-0.2, 0) is 0 Å². The van der Waals surface area contributed by atoms with E-state index in [1.807, 2.05) is 0 Å². The fourth-order valence-corrected chi connectivity index (χ4v) is 2.26. The summed E-state index contributed by atoms with van der Waals surface area (Å²) in [6, 6.07) is 9.40. The smallest absolute Gasteiger partial charge is 0.339 e. The summed E-state index contributed by atoms with van der Waals surface area (Å²) in [6.07, 6.45) is 0. The first-order chi connectivity index (χ1) is 8.99. The lowest BCUT2D eigenvalue weighted by Crippen LogP contribution is -1.99. The Morgan fingerprint density at radius 2 is 1.79 bits per heavy atom. The third-order valence-corrected chi connectivity index (χ3v) is 3.80. The summed E-state index contributed by atoms with van der Waals surface area (Å²) in [5, 5.41) is 9.82. The first kappa shape index (κ1) is 14.2. The van der Waals surface area contributed by atoms with Gasteiger partial charge in [0.2, 0.25) is 0 Å². The number of hydrogen-bond acceptors (Lipinski definition) is 2. The summed E-state index contributed by atoms with van der Waals surface area (Å²) in [6.45, 7) is 0. The van der Waals surface area contributed by atoms with Gasteiger partial charge < -0.3 is 9.84 Å². The highest BCUT2D eigenvalue weighted by Gasteiger charge is 2.13. The van der Waals surface area contributed by atoms with Gasteiger partial charge in [-0.2, -0.15) is 0 Å². The molecule has 0 aromatic heterocycles. The number of rotatable bonds is 3. The number of carboxylic acid groups (broad SMARTS) is 1. The molecule has 0 atom stereocenters. The Morgan fingerprint density at radius 3 is 2.47 bits per heavy atom. The van der Waals surface area contributed by atoms with Crippen LogP contribution in [0.25, 0.3) is 0 Å². The molecular formula is C13H7BrCl2O3. The molecule has 0 heterocycles. The first-order valence-corrected chi connectivity index (χ1v) is 6.68. The van der Waals surface area contributed by atoms with E-state index in [2.05, 4.69) is 15.9 Å². The fraction of sp³-hybridized carbons (Fsp3) is 0. The lowest BCUT2D eigenvalue weighted by molar-refractivity contribution is 0.0694. The van der Waals surface area contributed by atoms with Crippen LogP contribution in [0.2, 0.25) is 10.0 Å². The Balaban J connectivity index is 2.42. The highest BCUT2D eigenvalue weighted by atomic mass is 79.9. The predicted octanol–water partition coefficient (Wildman–Crippen LogP) is 5.25. The zero-order valence-corrected chi connectivity index (χ0v) is 12.5. The van der Waals surface area contributed by atoms with Gasteiger partial charge in [-0.15, -0.1) is 0 Å². The van der Waals surface area contributed by atoms with Crippen molar-refractivity contribution in [1.29, 1.82) is 0 Å². The van der Waals surface area contributed by atoms with Crippen LogP contribution in [0.15, 0.2) is 40.9 Å². The Morgan fingerprint density at radius 1 is 1.11 bits per heavy atom. The molecule has 0 saturated carbocycles. The van der Waals surface area contributed by atoms with Crippen LogP contribution in [0.1, 0.15) is 10.4 Å². The molecule has 0 unspecified atom stereocenters. The highest BCUT2D eigenvalue weighted by molar-refractivity contribution is 9.10. The van der Waals surface area contributed by atoms with Crippen molar-refractivity contribution in [2.75, 3.05) is 0 Å². The number of ether oxygens (including phenoxy) is 1. The molecule has 1 N–H and O–H groups in total. The zero-order valence-electron chi connectivity index (χ0n) is 9.36. The molecule has 2 aromatic rings. The Bertz CT molecular complexity index is 644. The van der Waals surface area contributed by atoms with Gasteiger partial charge in [0.15, 0.2) is 0 Å². The van der Waals surface area contributed by atoms with Crippen molar-refractivity contribution in [1.82, 2.24) is 0 Å². The van der Waals surface area contributed by atoms with Crippen LogP contribution >= 0.6 is 39.1 Å². The van der Waals surface area contributed by atoms with E-state index >= 15 is 0 Å². The van der Waals surface area contributed by atoms with Crippen molar-refractivity contribution >= 4 is 45.1 Å².